The highest BCUT2D eigenvalue weighted by molar-refractivity contribution is 5.77. The fourth-order valence-electron chi connectivity index (χ4n) is 3.70. The molecule has 0 radical (unpaired) electrons. The maximum absolute atomic E-state index is 12.1. The van der Waals surface area contributed by atoms with Crippen LogP contribution in [0.25, 0.3) is 5.69 Å². The van der Waals surface area contributed by atoms with Gasteiger partial charge in [-0.25, -0.2) is 0 Å². The monoisotopic (exact) mass is 343 g/mol. The second-order valence-corrected chi connectivity index (χ2v) is 7.06. The summed E-state index contributed by atoms with van der Waals surface area (Å²) in [5, 5.41) is 32.3. The number of para-hydroxylation sites is 1. The zero-order chi connectivity index (χ0) is 17.4. The first-order valence-electron chi connectivity index (χ1n) is 8.60. The van der Waals surface area contributed by atoms with Crippen molar-refractivity contribution in [1.29, 1.82) is 0 Å². The number of aliphatic hydroxyl groups is 1. The van der Waals surface area contributed by atoms with Crippen molar-refractivity contribution in [2.24, 2.45) is 11.3 Å². The number of carboxylic acid groups (broad SMARTS) is 1. The number of aliphatic hydroxyl groups excluding tert-OH is 1. The topological polar surface area (TPSA) is 104 Å². The van der Waals surface area contributed by atoms with Gasteiger partial charge in [0.25, 0.3) is 0 Å². The van der Waals surface area contributed by atoms with Crippen LogP contribution in [-0.2, 0) is 4.79 Å². The average molecular weight is 343 g/mol. The third kappa shape index (κ3) is 2.86. The van der Waals surface area contributed by atoms with Crippen molar-refractivity contribution >= 4 is 11.9 Å². The van der Waals surface area contributed by atoms with Crippen molar-refractivity contribution in [2.45, 2.75) is 31.8 Å². The Balaban J connectivity index is 1.66. The van der Waals surface area contributed by atoms with Crippen molar-refractivity contribution < 1.29 is 15.0 Å². The predicted molar refractivity (Wildman–Crippen MR) is 89.4 cm³/mol. The van der Waals surface area contributed by atoms with Crippen LogP contribution < -0.4 is 4.90 Å². The molecule has 1 aliphatic carbocycles. The van der Waals surface area contributed by atoms with Crippen molar-refractivity contribution in [3.05, 3.63) is 30.3 Å². The highest BCUT2D eigenvalue weighted by atomic mass is 16.4. The molecule has 2 heterocycles. The number of tetrazole rings is 1. The molecule has 132 valence electrons. The molecule has 8 nitrogen and oxygen atoms in total. The number of carbonyl (C=O) groups is 1. The van der Waals surface area contributed by atoms with E-state index in [4.69, 9.17) is 0 Å². The molecule has 2 aromatic rings. The van der Waals surface area contributed by atoms with Gasteiger partial charge in [0, 0.05) is 13.1 Å². The first-order chi connectivity index (χ1) is 12.1. The molecular weight excluding hydrogens is 322 g/mol. The number of piperidine rings is 1. The number of carboxylic acids is 1. The molecule has 1 aromatic carbocycles. The van der Waals surface area contributed by atoms with E-state index in [1.54, 1.807) is 4.68 Å². The minimum atomic E-state index is -1.16. The summed E-state index contributed by atoms with van der Waals surface area (Å²) in [4.78, 5) is 14.0. The lowest BCUT2D eigenvalue weighted by molar-refractivity contribution is -0.158. The largest absolute Gasteiger partial charge is 0.481 e. The van der Waals surface area contributed by atoms with Gasteiger partial charge < -0.3 is 15.1 Å². The summed E-state index contributed by atoms with van der Waals surface area (Å²) < 4.78 is 1.61. The number of aromatic nitrogens is 4. The molecule has 1 aromatic heterocycles. The van der Waals surface area contributed by atoms with Crippen LogP contribution in [0.3, 0.4) is 0 Å². The molecule has 1 aliphatic heterocycles. The minimum absolute atomic E-state index is 0.215. The zero-order valence-electron chi connectivity index (χ0n) is 13.8. The Hall–Kier alpha value is -2.48. The molecular formula is C17H21N5O3. The molecule has 1 saturated carbocycles. The summed E-state index contributed by atoms with van der Waals surface area (Å²) >= 11 is 0. The number of hydrogen-bond donors (Lipinski definition) is 2. The van der Waals surface area contributed by atoms with Gasteiger partial charge in [0.2, 0.25) is 5.95 Å². The lowest BCUT2D eigenvalue weighted by Gasteiger charge is -2.43. The summed E-state index contributed by atoms with van der Waals surface area (Å²) in [6, 6.07) is 9.50. The van der Waals surface area contributed by atoms with Crippen molar-refractivity contribution in [3.63, 3.8) is 0 Å². The molecule has 2 N–H and O–H groups in total. The standard InChI is InChI=1S/C17H21N5O3/c23-14-8-9-21(11-17(14,15(24)25)10-12-6-7-12)16-18-19-20-22(16)13-4-2-1-3-5-13/h1-5,12,14,23H,6-11H2,(H,24,25)/t14-,17-/m1/s1. The highest BCUT2D eigenvalue weighted by Crippen LogP contribution is 2.45. The fourth-order valence-corrected chi connectivity index (χ4v) is 3.70. The van der Waals surface area contributed by atoms with E-state index in [1.807, 2.05) is 35.2 Å². The molecule has 2 fully saturated rings. The van der Waals surface area contributed by atoms with E-state index in [-0.39, 0.29) is 6.54 Å². The van der Waals surface area contributed by atoms with E-state index in [2.05, 4.69) is 15.5 Å². The quantitative estimate of drug-likeness (QED) is 0.838. The van der Waals surface area contributed by atoms with E-state index in [0.717, 1.165) is 18.5 Å². The molecule has 0 amide bonds. The smallest absolute Gasteiger partial charge is 0.314 e. The van der Waals surface area contributed by atoms with Crippen molar-refractivity contribution in [2.75, 3.05) is 18.0 Å². The first kappa shape index (κ1) is 16.0. The summed E-state index contributed by atoms with van der Waals surface area (Å²) in [6.07, 6.45) is 2.14. The zero-order valence-corrected chi connectivity index (χ0v) is 13.8. The van der Waals surface area contributed by atoms with Crippen molar-refractivity contribution in [3.8, 4) is 5.69 Å². The Morgan fingerprint density at radius 1 is 1.24 bits per heavy atom. The number of aliphatic carboxylic acids is 1. The van der Waals surface area contributed by atoms with Gasteiger partial charge in [-0.15, -0.1) is 0 Å². The number of hydrogen-bond acceptors (Lipinski definition) is 6. The van der Waals surface area contributed by atoms with Gasteiger partial charge in [0.15, 0.2) is 0 Å². The Bertz CT molecular complexity index is 761. The van der Waals surface area contributed by atoms with Crippen LogP contribution in [0.15, 0.2) is 30.3 Å². The Kier molecular flexibility index (Phi) is 3.91. The third-order valence-electron chi connectivity index (χ3n) is 5.30. The Morgan fingerprint density at radius 2 is 2.00 bits per heavy atom. The van der Waals surface area contributed by atoms with Crippen LogP contribution >= 0.6 is 0 Å². The lowest BCUT2D eigenvalue weighted by atomic mass is 9.73. The maximum atomic E-state index is 12.1. The van der Waals surface area contributed by atoms with Gasteiger partial charge in [-0.05, 0) is 41.3 Å². The second kappa shape index (κ2) is 6.11. The average Bonchev–Trinajstić information content (AvgIpc) is 3.29. The minimum Gasteiger partial charge on any atom is -0.481 e. The molecule has 0 unspecified atom stereocenters. The molecule has 2 atom stereocenters. The summed E-state index contributed by atoms with van der Waals surface area (Å²) in [6.45, 7) is 0.737. The molecule has 2 aliphatic rings. The van der Waals surface area contributed by atoms with Gasteiger partial charge in [-0.1, -0.05) is 36.1 Å². The molecule has 0 bridgehead atoms. The normalized spacial score (nSPS) is 26.6. The van der Waals surface area contributed by atoms with Gasteiger partial charge in [0.05, 0.1) is 11.8 Å². The van der Waals surface area contributed by atoms with E-state index in [1.165, 1.54) is 0 Å². The van der Waals surface area contributed by atoms with Crippen LogP contribution in [0.5, 0.6) is 0 Å². The predicted octanol–water partition coefficient (Wildman–Crippen LogP) is 1.10. The Labute approximate surface area is 145 Å². The van der Waals surface area contributed by atoms with Crippen LogP contribution in [0.4, 0.5) is 5.95 Å². The van der Waals surface area contributed by atoms with E-state index in [0.29, 0.717) is 31.3 Å². The van der Waals surface area contributed by atoms with Crippen LogP contribution in [0.2, 0.25) is 0 Å². The first-order valence-corrected chi connectivity index (χ1v) is 8.60. The van der Waals surface area contributed by atoms with E-state index < -0.39 is 17.5 Å². The molecule has 1 saturated heterocycles. The number of benzene rings is 1. The third-order valence-corrected chi connectivity index (χ3v) is 5.30. The van der Waals surface area contributed by atoms with Crippen LogP contribution in [-0.4, -0.2) is 55.6 Å². The molecule has 25 heavy (non-hydrogen) atoms. The molecule has 8 heteroatoms. The van der Waals surface area contributed by atoms with Crippen LogP contribution in [0.1, 0.15) is 25.7 Å². The van der Waals surface area contributed by atoms with E-state index >= 15 is 0 Å². The maximum Gasteiger partial charge on any atom is 0.314 e. The number of nitrogens with zero attached hydrogens (tertiary/aromatic N) is 5. The van der Waals surface area contributed by atoms with Crippen molar-refractivity contribution in [1.82, 2.24) is 20.2 Å². The molecule has 4 rings (SSSR count). The fraction of sp³-hybridized carbons (Fsp3) is 0.529. The van der Waals surface area contributed by atoms with Gasteiger partial charge in [-0.2, -0.15) is 4.68 Å². The lowest BCUT2D eigenvalue weighted by Crippen LogP contribution is -2.56. The Morgan fingerprint density at radius 3 is 2.68 bits per heavy atom. The van der Waals surface area contributed by atoms with Crippen LogP contribution in [0, 0.1) is 11.3 Å². The van der Waals surface area contributed by atoms with Gasteiger partial charge >= 0.3 is 5.97 Å². The van der Waals surface area contributed by atoms with Gasteiger partial charge in [-0.3, -0.25) is 4.79 Å². The summed E-state index contributed by atoms with van der Waals surface area (Å²) in [5.74, 6) is -0.0225. The number of rotatable bonds is 5. The summed E-state index contributed by atoms with van der Waals surface area (Å²) in [7, 11) is 0. The molecule has 0 spiro atoms. The SMILES string of the molecule is O=C(O)[C@]1(CC2CC2)CN(c2nnnn2-c2ccccc2)CC[C@H]1O. The number of anilines is 1. The second-order valence-electron chi connectivity index (χ2n) is 7.06. The van der Waals surface area contributed by atoms with E-state index in [9.17, 15) is 15.0 Å². The summed E-state index contributed by atoms with van der Waals surface area (Å²) in [5.41, 5.74) is -0.343. The van der Waals surface area contributed by atoms with Gasteiger partial charge in [0.1, 0.15) is 5.41 Å². The highest BCUT2D eigenvalue weighted by Gasteiger charge is 2.52.